The summed E-state index contributed by atoms with van der Waals surface area (Å²) in [5.41, 5.74) is 9.51. The average molecular weight is 329 g/mol. The molecule has 1 aliphatic carbocycles. The lowest BCUT2D eigenvalue weighted by atomic mass is 10.1. The lowest BCUT2D eigenvalue weighted by Gasteiger charge is -2.24. The van der Waals surface area contributed by atoms with Crippen LogP contribution in [0.3, 0.4) is 0 Å². The van der Waals surface area contributed by atoms with Crippen molar-refractivity contribution in [3.63, 3.8) is 0 Å². The maximum atomic E-state index is 9.46. The van der Waals surface area contributed by atoms with Crippen molar-refractivity contribution in [3.8, 4) is 11.5 Å². The number of hydrogen-bond acceptors (Lipinski definition) is 5. The summed E-state index contributed by atoms with van der Waals surface area (Å²) >= 11 is 0. The number of nitrogens with two attached hydrogens (primary N) is 1. The van der Waals surface area contributed by atoms with Crippen LogP contribution in [-0.2, 0) is 12.8 Å². The number of aromatic hydroxyl groups is 2. The van der Waals surface area contributed by atoms with Crippen LogP contribution < -0.4 is 5.73 Å². The summed E-state index contributed by atoms with van der Waals surface area (Å²) in [6.45, 7) is 6.18. The van der Waals surface area contributed by atoms with Crippen LogP contribution >= 0.6 is 0 Å². The number of hydrogen-bond donors (Lipinski definition) is 3. The quantitative estimate of drug-likeness (QED) is 0.700. The monoisotopic (exact) mass is 329 g/mol. The molecule has 1 aromatic carbocycles. The molecule has 1 aromatic heterocycles. The summed E-state index contributed by atoms with van der Waals surface area (Å²) in [5, 5.41) is 19.6. The molecule has 5 heteroatoms. The van der Waals surface area contributed by atoms with E-state index in [0.717, 1.165) is 35.9 Å². The van der Waals surface area contributed by atoms with Crippen molar-refractivity contribution in [2.24, 2.45) is 0 Å². The standard InChI is InChI=1S/C12H12N2O2.C7H15N/c13-12-6-2-1-3-8(6)14-9-5-11(16)10(15)4-7(9)12;1-2-8-6-4-3-5-7-8/h4-5,15-16H,1-3H2,(H2,13,14);2-7H2,1H3. The number of phenols is 2. The highest BCUT2D eigenvalue weighted by Crippen LogP contribution is 2.36. The minimum atomic E-state index is -0.155. The third-order valence-electron chi connectivity index (χ3n) is 5.05. The first-order valence-electron chi connectivity index (χ1n) is 8.95. The van der Waals surface area contributed by atoms with E-state index in [1.54, 1.807) is 0 Å². The largest absolute Gasteiger partial charge is 0.504 e. The smallest absolute Gasteiger partial charge is 0.159 e. The second-order valence-electron chi connectivity index (χ2n) is 6.66. The Labute approximate surface area is 143 Å². The third-order valence-corrected chi connectivity index (χ3v) is 5.05. The van der Waals surface area contributed by atoms with Crippen LogP contribution in [-0.4, -0.2) is 39.7 Å². The number of pyridine rings is 1. The number of nitrogen functional groups attached to an aromatic ring is 1. The first kappa shape index (κ1) is 16.8. The van der Waals surface area contributed by atoms with E-state index in [9.17, 15) is 10.2 Å². The van der Waals surface area contributed by atoms with Crippen LogP contribution in [0.4, 0.5) is 5.69 Å². The van der Waals surface area contributed by atoms with Crippen LogP contribution in [0.25, 0.3) is 10.9 Å². The van der Waals surface area contributed by atoms with Gasteiger partial charge in [0.05, 0.1) is 5.52 Å². The van der Waals surface area contributed by atoms with E-state index in [2.05, 4.69) is 16.8 Å². The minimum Gasteiger partial charge on any atom is -0.504 e. The fourth-order valence-electron chi connectivity index (χ4n) is 3.60. The predicted molar refractivity (Wildman–Crippen MR) is 97.5 cm³/mol. The number of phenolic OH excluding ortho intramolecular Hbond substituents is 2. The number of nitrogens with zero attached hydrogens (tertiary/aromatic N) is 2. The molecule has 130 valence electrons. The third kappa shape index (κ3) is 3.41. The Morgan fingerprint density at radius 1 is 1.04 bits per heavy atom. The van der Waals surface area contributed by atoms with Crippen molar-refractivity contribution < 1.29 is 10.2 Å². The second kappa shape index (κ2) is 7.26. The SMILES string of the molecule is CCN1CCCCC1.Nc1c2c(nc3cc(O)c(O)cc13)CCC2. The molecule has 24 heavy (non-hydrogen) atoms. The Kier molecular flexibility index (Phi) is 5.09. The molecule has 4 N–H and O–H groups in total. The van der Waals surface area contributed by atoms with E-state index < -0.39 is 0 Å². The minimum absolute atomic E-state index is 0.154. The van der Waals surface area contributed by atoms with Gasteiger partial charge in [0.2, 0.25) is 0 Å². The Morgan fingerprint density at radius 2 is 1.75 bits per heavy atom. The first-order valence-corrected chi connectivity index (χ1v) is 8.95. The Balaban J connectivity index is 0.000000179. The van der Waals surface area contributed by atoms with Crippen molar-refractivity contribution in [3.05, 3.63) is 23.4 Å². The van der Waals surface area contributed by atoms with Gasteiger partial charge in [-0.15, -0.1) is 0 Å². The molecule has 0 unspecified atom stereocenters. The molecule has 2 aromatic rings. The Bertz CT molecular complexity index is 724. The fraction of sp³-hybridized carbons (Fsp3) is 0.526. The molecule has 5 nitrogen and oxygen atoms in total. The summed E-state index contributed by atoms with van der Waals surface area (Å²) in [7, 11) is 0. The normalized spacial score (nSPS) is 17.4. The van der Waals surface area contributed by atoms with E-state index >= 15 is 0 Å². The zero-order chi connectivity index (χ0) is 17.1. The predicted octanol–water partition coefficient (Wildman–Crippen LogP) is 3.21. The molecule has 1 aliphatic heterocycles. The first-order chi connectivity index (χ1) is 11.6. The van der Waals surface area contributed by atoms with Crippen LogP contribution in [0.2, 0.25) is 0 Å². The van der Waals surface area contributed by atoms with Crippen molar-refractivity contribution in [2.75, 3.05) is 25.4 Å². The van der Waals surface area contributed by atoms with Crippen LogP contribution in [0, 0.1) is 0 Å². The Hall–Kier alpha value is -2.01. The van der Waals surface area contributed by atoms with Gasteiger partial charge in [-0.3, -0.25) is 4.98 Å². The molecule has 4 rings (SSSR count). The average Bonchev–Trinajstić information content (AvgIpc) is 3.07. The summed E-state index contributed by atoms with van der Waals surface area (Å²) in [6, 6.07) is 2.94. The van der Waals surface area contributed by atoms with Gasteiger partial charge in [-0.05, 0) is 63.4 Å². The number of benzene rings is 1. The van der Waals surface area contributed by atoms with E-state index in [-0.39, 0.29) is 11.5 Å². The van der Waals surface area contributed by atoms with Gasteiger partial charge in [-0.1, -0.05) is 13.3 Å². The van der Waals surface area contributed by atoms with E-state index in [0.29, 0.717) is 11.2 Å². The van der Waals surface area contributed by atoms with Crippen molar-refractivity contribution in [1.29, 1.82) is 0 Å². The maximum absolute atomic E-state index is 9.46. The van der Waals surface area contributed by atoms with Gasteiger partial charge < -0.3 is 20.8 Å². The van der Waals surface area contributed by atoms with Gasteiger partial charge in [-0.25, -0.2) is 0 Å². The van der Waals surface area contributed by atoms with Gasteiger partial charge in [-0.2, -0.15) is 0 Å². The molecule has 0 saturated carbocycles. The number of anilines is 1. The number of piperidine rings is 1. The van der Waals surface area contributed by atoms with Gasteiger partial charge in [0.25, 0.3) is 0 Å². The molecule has 0 spiro atoms. The molecular formula is C19H27N3O2. The van der Waals surface area contributed by atoms with Gasteiger partial charge in [0.15, 0.2) is 11.5 Å². The number of aromatic nitrogens is 1. The number of rotatable bonds is 1. The number of aryl methyl sites for hydroxylation is 1. The topological polar surface area (TPSA) is 82.6 Å². The van der Waals surface area contributed by atoms with E-state index in [1.165, 1.54) is 51.0 Å². The van der Waals surface area contributed by atoms with Gasteiger partial charge in [0.1, 0.15) is 0 Å². The summed E-state index contributed by atoms with van der Waals surface area (Å²) in [5.74, 6) is -0.309. The summed E-state index contributed by atoms with van der Waals surface area (Å²) in [6.07, 6.45) is 7.27. The molecule has 0 amide bonds. The number of likely N-dealkylation sites (tertiary alicyclic amines) is 1. The van der Waals surface area contributed by atoms with Crippen LogP contribution in [0.1, 0.15) is 43.9 Å². The maximum Gasteiger partial charge on any atom is 0.159 e. The zero-order valence-corrected chi connectivity index (χ0v) is 14.4. The summed E-state index contributed by atoms with van der Waals surface area (Å²) < 4.78 is 0. The highest BCUT2D eigenvalue weighted by molar-refractivity contribution is 5.94. The lowest BCUT2D eigenvalue weighted by Crippen LogP contribution is -2.29. The molecule has 2 heterocycles. The molecule has 0 radical (unpaired) electrons. The molecule has 0 atom stereocenters. The lowest BCUT2D eigenvalue weighted by molar-refractivity contribution is 0.240. The molecular weight excluding hydrogens is 302 g/mol. The highest BCUT2D eigenvalue weighted by Gasteiger charge is 2.18. The van der Waals surface area contributed by atoms with E-state index in [4.69, 9.17) is 5.73 Å². The highest BCUT2D eigenvalue weighted by atomic mass is 16.3. The molecule has 0 bridgehead atoms. The Morgan fingerprint density at radius 3 is 2.42 bits per heavy atom. The van der Waals surface area contributed by atoms with Crippen LogP contribution in [0.15, 0.2) is 12.1 Å². The zero-order valence-electron chi connectivity index (χ0n) is 14.4. The molecule has 1 fully saturated rings. The molecule has 1 saturated heterocycles. The van der Waals surface area contributed by atoms with Crippen LogP contribution in [0.5, 0.6) is 11.5 Å². The van der Waals surface area contributed by atoms with E-state index in [1.807, 2.05) is 0 Å². The van der Waals surface area contributed by atoms with Crippen molar-refractivity contribution in [2.45, 2.75) is 45.4 Å². The van der Waals surface area contributed by atoms with Crippen molar-refractivity contribution in [1.82, 2.24) is 9.88 Å². The van der Waals surface area contributed by atoms with Crippen molar-refractivity contribution >= 4 is 16.6 Å². The summed E-state index contributed by atoms with van der Waals surface area (Å²) in [4.78, 5) is 6.98. The fourth-order valence-corrected chi connectivity index (χ4v) is 3.60. The second-order valence-corrected chi connectivity index (χ2v) is 6.66. The van der Waals surface area contributed by atoms with Gasteiger partial charge >= 0.3 is 0 Å². The molecule has 2 aliphatic rings. The number of fused-ring (bicyclic) bond motifs is 2. The van der Waals surface area contributed by atoms with Gasteiger partial charge in [0, 0.05) is 22.8 Å².